The number of para-hydroxylation sites is 1. The molecule has 0 unspecified atom stereocenters. The minimum atomic E-state index is -0.119. The second-order valence-corrected chi connectivity index (χ2v) is 5.08. The highest BCUT2D eigenvalue weighted by molar-refractivity contribution is 6.01. The zero-order valence-corrected chi connectivity index (χ0v) is 13.3. The number of anilines is 1. The van der Waals surface area contributed by atoms with E-state index in [1.807, 2.05) is 25.1 Å². The summed E-state index contributed by atoms with van der Waals surface area (Å²) in [5, 5.41) is 3.26. The molecule has 0 aliphatic heterocycles. The number of likely N-dealkylation sites (N-methyl/N-ethyl adjacent to an activating group) is 2. The normalized spacial score (nSPS) is 10.1. The molecule has 0 atom stereocenters. The number of nitrogens with zero attached hydrogens (tertiary/aromatic N) is 2. The largest absolute Gasteiger partial charge is 0.384 e. The number of hydrogen-bond acceptors (Lipinski definition) is 3. The van der Waals surface area contributed by atoms with Crippen LogP contribution in [-0.4, -0.2) is 55.3 Å². The Morgan fingerprint density at radius 3 is 2.38 bits per heavy atom. The van der Waals surface area contributed by atoms with E-state index in [4.69, 9.17) is 0 Å². The lowest BCUT2D eigenvalue weighted by atomic mass is 10.1. The van der Waals surface area contributed by atoms with Crippen LogP contribution < -0.4 is 5.32 Å². The molecule has 0 fully saturated rings. The van der Waals surface area contributed by atoms with Gasteiger partial charge in [-0.2, -0.15) is 0 Å². The second kappa shape index (κ2) is 8.29. The van der Waals surface area contributed by atoms with Gasteiger partial charge in [-0.05, 0) is 25.5 Å². The maximum Gasteiger partial charge on any atom is 0.256 e. The lowest BCUT2D eigenvalue weighted by Gasteiger charge is -2.23. The van der Waals surface area contributed by atoms with Crippen LogP contribution >= 0.6 is 0 Å². The van der Waals surface area contributed by atoms with Crippen molar-refractivity contribution in [1.82, 2.24) is 9.80 Å². The van der Waals surface area contributed by atoms with Gasteiger partial charge in [0.25, 0.3) is 5.91 Å². The number of amides is 2. The Balaban J connectivity index is 2.92. The van der Waals surface area contributed by atoms with E-state index in [1.165, 1.54) is 4.90 Å². The molecule has 0 saturated heterocycles. The minimum absolute atomic E-state index is 0.0794. The van der Waals surface area contributed by atoms with Gasteiger partial charge in [-0.3, -0.25) is 9.59 Å². The molecule has 0 bridgehead atoms. The van der Waals surface area contributed by atoms with Crippen LogP contribution in [0.4, 0.5) is 5.69 Å². The van der Waals surface area contributed by atoms with Gasteiger partial charge in [-0.15, -0.1) is 0 Å². The van der Waals surface area contributed by atoms with Crippen molar-refractivity contribution in [2.75, 3.05) is 39.0 Å². The number of nitrogens with one attached hydrogen (secondary N) is 1. The molecule has 5 heteroatoms. The fourth-order valence-electron chi connectivity index (χ4n) is 1.89. The van der Waals surface area contributed by atoms with E-state index in [2.05, 4.69) is 12.2 Å². The smallest absolute Gasteiger partial charge is 0.256 e. The molecule has 0 heterocycles. The lowest BCUT2D eigenvalue weighted by Crippen LogP contribution is -2.40. The van der Waals surface area contributed by atoms with Gasteiger partial charge in [0.15, 0.2) is 0 Å². The van der Waals surface area contributed by atoms with Crippen molar-refractivity contribution in [3.05, 3.63) is 29.8 Å². The van der Waals surface area contributed by atoms with E-state index in [9.17, 15) is 9.59 Å². The van der Waals surface area contributed by atoms with Gasteiger partial charge in [0.05, 0.1) is 12.1 Å². The van der Waals surface area contributed by atoms with Crippen LogP contribution in [0.2, 0.25) is 0 Å². The molecule has 1 N–H and O–H groups in total. The van der Waals surface area contributed by atoms with Crippen LogP contribution in [0.3, 0.4) is 0 Å². The Hall–Kier alpha value is -2.04. The Kier molecular flexibility index (Phi) is 6.72. The summed E-state index contributed by atoms with van der Waals surface area (Å²) in [6, 6.07) is 7.43. The maximum absolute atomic E-state index is 12.6. The molecule has 1 aromatic carbocycles. The van der Waals surface area contributed by atoms with Crippen LogP contribution in [0, 0.1) is 0 Å². The third-order valence-corrected chi connectivity index (χ3v) is 3.22. The van der Waals surface area contributed by atoms with Crippen LogP contribution in [0.5, 0.6) is 0 Å². The highest BCUT2D eigenvalue weighted by Crippen LogP contribution is 2.17. The predicted molar refractivity (Wildman–Crippen MR) is 85.5 cm³/mol. The summed E-state index contributed by atoms with van der Waals surface area (Å²) in [5.74, 6) is -0.198. The fourth-order valence-corrected chi connectivity index (χ4v) is 1.89. The van der Waals surface area contributed by atoms with E-state index >= 15 is 0 Å². The van der Waals surface area contributed by atoms with Gasteiger partial charge in [0, 0.05) is 32.9 Å². The molecule has 0 spiro atoms. The predicted octanol–water partition coefficient (Wildman–Crippen LogP) is 2.06. The minimum Gasteiger partial charge on any atom is -0.384 e. The SMILES string of the molecule is CCCNc1ccccc1C(=O)N(CC)CC(=O)N(C)C. The molecule has 1 rings (SSSR count). The molecule has 1 aromatic rings. The van der Waals surface area contributed by atoms with Crippen molar-refractivity contribution < 1.29 is 9.59 Å². The Labute approximate surface area is 126 Å². The Bertz CT molecular complexity index is 486. The van der Waals surface area contributed by atoms with Crippen molar-refractivity contribution in [2.45, 2.75) is 20.3 Å². The van der Waals surface area contributed by atoms with Gasteiger partial charge in [-0.1, -0.05) is 19.1 Å². The third-order valence-electron chi connectivity index (χ3n) is 3.22. The third kappa shape index (κ3) is 4.77. The quantitative estimate of drug-likeness (QED) is 0.836. The summed E-state index contributed by atoms with van der Waals surface area (Å²) < 4.78 is 0. The summed E-state index contributed by atoms with van der Waals surface area (Å²) >= 11 is 0. The van der Waals surface area contributed by atoms with Gasteiger partial charge in [-0.25, -0.2) is 0 Å². The number of rotatable bonds is 7. The summed E-state index contributed by atoms with van der Waals surface area (Å²) in [5.41, 5.74) is 1.43. The van der Waals surface area contributed by atoms with Crippen molar-refractivity contribution in [3.8, 4) is 0 Å². The van der Waals surface area contributed by atoms with Crippen LogP contribution in [0.15, 0.2) is 24.3 Å². The summed E-state index contributed by atoms with van der Waals surface area (Å²) in [6.07, 6.45) is 0.985. The van der Waals surface area contributed by atoms with E-state index in [-0.39, 0.29) is 18.4 Å². The first-order valence-corrected chi connectivity index (χ1v) is 7.33. The molecule has 0 saturated carbocycles. The number of carbonyl (C=O) groups is 2. The van der Waals surface area contributed by atoms with Gasteiger partial charge in [0.1, 0.15) is 0 Å². The monoisotopic (exact) mass is 291 g/mol. The van der Waals surface area contributed by atoms with Crippen LogP contribution in [-0.2, 0) is 4.79 Å². The average molecular weight is 291 g/mol. The summed E-state index contributed by atoms with van der Waals surface area (Å²) in [7, 11) is 3.38. The van der Waals surface area contributed by atoms with Crippen molar-refractivity contribution in [3.63, 3.8) is 0 Å². The molecule has 0 aliphatic rings. The summed E-state index contributed by atoms with van der Waals surface area (Å²) in [6.45, 7) is 5.37. The van der Waals surface area contributed by atoms with E-state index in [0.29, 0.717) is 12.1 Å². The van der Waals surface area contributed by atoms with Gasteiger partial charge < -0.3 is 15.1 Å². The molecular weight excluding hydrogens is 266 g/mol. The van der Waals surface area contributed by atoms with Crippen molar-refractivity contribution in [2.24, 2.45) is 0 Å². The molecule has 0 radical (unpaired) electrons. The lowest BCUT2D eigenvalue weighted by molar-refractivity contribution is -0.129. The zero-order valence-electron chi connectivity index (χ0n) is 13.3. The van der Waals surface area contributed by atoms with Gasteiger partial charge >= 0.3 is 0 Å². The Morgan fingerprint density at radius 1 is 1.14 bits per heavy atom. The first kappa shape index (κ1) is 17.0. The second-order valence-electron chi connectivity index (χ2n) is 5.08. The molecule has 0 aliphatic carbocycles. The average Bonchev–Trinajstić information content (AvgIpc) is 2.49. The van der Waals surface area contributed by atoms with Crippen molar-refractivity contribution in [1.29, 1.82) is 0 Å². The van der Waals surface area contributed by atoms with Gasteiger partial charge in [0.2, 0.25) is 5.91 Å². The fraction of sp³-hybridized carbons (Fsp3) is 0.500. The molecule has 5 nitrogen and oxygen atoms in total. The van der Waals surface area contributed by atoms with Crippen LogP contribution in [0.25, 0.3) is 0 Å². The first-order valence-electron chi connectivity index (χ1n) is 7.33. The maximum atomic E-state index is 12.6. The Morgan fingerprint density at radius 2 is 1.81 bits per heavy atom. The first-order chi connectivity index (χ1) is 10.0. The molecule has 2 amide bonds. The highest BCUT2D eigenvalue weighted by atomic mass is 16.2. The molecule has 0 aromatic heterocycles. The van der Waals surface area contributed by atoms with E-state index in [1.54, 1.807) is 25.1 Å². The molecule has 116 valence electrons. The summed E-state index contributed by atoms with van der Waals surface area (Å²) in [4.78, 5) is 27.5. The number of benzene rings is 1. The molecule has 21 heavy (non-hydrogen) atoms. The van der Waals surface area contributed by atoms with E-state index in [0.717, 1.165) is 18.7 Å². The van der Waals surface area contributed by atoms with Crippen LogP contribution in [0.1, 0.15) is 30.6 Å². The number of carbonyl (C=O) groups excluding carboxylic acids is 2. The highest BCUT2D eigenvalue weighted by Gasteiger charge is 2.20. The standard InChI is InChI=1S/C16H25N3O2/c1-5-11-17-14-10-8-7-9-13(14)16(21)19(6-2)12-15(20)18(3)4/h7-10,17H,5-6,11-12H2,1-4H3. The molecular formula is C16H25N3O2. The van der Waals surface area contributed by atoms with Crippen molar-refractivity contribution >= 4 is 17.5 Å². The van der Waals surface area contributed by atoms with E-state index < -0.39 is 0 Å². The topological polar surface area (TPSA) is 52.7 Å². The zero-order chi connectivity index (χ0) is 15.8. The number of hydrogen-bond donors (Lipinski definition) is 1.